The Labute approximate surface area is 167 Å². The van der Waals surface area contributed by atoms with Gasteiger partial charge in [0.1, 0.15) is 12.1 Å². The molecular weight excluding hydrogens is 354 g/mol. The van der Waals surface area contributed by atoms with Crippen LogP contribution in [0.3, 0.4) is 0 Å². The third kappa shape index (κ3) is 4.05. The highest BCUT2D eigenvalue weighted by atomic mass is 16.2. The fourth-order valence-corrected chi connectivity index (χ4v) is 4.42. The third-order valence-corrected chi connectivity index (χ3v) is 6.25. The van der Waals surface area contributed by atoms with Gasteiger partial charge in [0.15, 0.2) is 0 Å². The Bertz CT molecular complexity index is 740. The van der Waals surface area contributed by atoms with Crippen LogP contribution in [0, 0.1) is 12.8 Å². The number of rotatable bonds is 6. The van der Waals surface area contributed by atoms with Crippen molar-refractivity contribution < 1.29 is 14.4 Å². The number of imide groups is 1. The molecule has 6 heteroatoms. The SMILES string of the molecule is CC[C@@H](NC(=O)CN1C(=O)N[C@@](C)(C2CCCCC2)C1=O)c1ccc(C)cc1. The second-order valence-electron chi connectivity index (χ2n) is 8.30. The van der Waals surface area contributed by atoms with Crippen molar-refractivity contribution in [2.45, 2.75) is 70.9 Å². The van der Waals surface area contributed by atoms with Gasteiger partial charge in [0.05, 0.1) is 6.04 Å². The molecule has 1 aliphatic carbocycles. The number of urea groups is 1. The van der Waals surface area contributed by atoms with Crippen LogP contribution in [0.15, 0.2) is 24.3 Å². The molecule has 0 radical (unpaired) electrons. The predicted octanol–water partition coefficient (Wildman–Crippen LogP) is 3.45. The number of carbonyl (C=O) groups is 3. The lowest BCUT2D eigenvalue weighted by Crippen LogP contribution is -2.51. The summed E-state index contributed by atoms with van der Waals surface area (Å²) in [6.07, 6.45) is 5.95. The Balaban J connectivity index is 1.65. The van der Waals surface area contributed by atoms with Crippen LogP contribution in [0.25, 0.3) is 0 Å². The molecule has 1 aliphatic heterocycles. The van der Waals surface area contributed by atoms with Crippen LogP contribution in [0.4, 0.5) is 4.79 Å². The van der Waals surface area contributed by atoms with Crippen LogP contribution in [0.5, 0.6) is 0 Å². The molecule has 4 amide bonds. The number of amides is 4. The molecule has 0 spiro atoms. The summed E-state index contributed by atoms with van der Waals surface area (Å²) in [6, 6.07) is 7.42. The molecular formula is C22H31N3O3. The van der Waals surface area contributed by atoms with E-state index in [0.717, 1.165) is 48.1 Å². The number of hydrogen-bond acceptors (Lipinski definition) is 3. The summed E-state index contributed by atoms with van der Waals surface area (Å²) in [5.74, 6) is -0.450. The Morgan fingerprint density at radius 3 is 2.46 bits per heavy atom. The summed E-state index contributed by atoms with van der Waals surface area (Å²) in [4.78, 5) is 39.1. The minimum Gasteiger partial charge on any atom is -0.348 e. The lowest BCUT2D eigenvalue weighted by Gasteiger charge is -2.34. The van der Waals surface area contributed by atoms with Crippen LogP contribution >= 0.6 is 0 Å². The van der Waals surface area contributed by atoms with Crippen molar-refractivity contribution in [2.24, 2.45) is 5.92 Å². The lowest BCUT2D eigenvalue weighted by molar-refractivity contribution is -0.136. The molecule has 3 rings (SSSR count). The van der Waals surface area contributed by atoms with Crippen LogP contribution in [-0.2, 0) is 9.59 Å². The van der Waals surface area contributed by atoms with Gasteiger partial charge in [-0.05, 0) is 44.6 Å². The van der Waals surface area contributed by atoms with E-state index >= 15 is 0 Å². The molecule has 1 aromatic rings. The van der Waals surface area contributed by atoms with Crippen LogP contribution in [0.2, 0.25) is 0 Å². The van der Waals surface area contributed by atoms with Gasteiger partial charge in [0.2, 0.25) is 5.91 Å². The van der Waals surface area contributed by atoms with Crippen molar-refractivity contribution in [1.29, 1.82) is 0 Å². The Morgan fingerprint density at radius 1 is 1.21 bits per heavy atom. The minimum absolute atomic E-state index is 0.140. The van der Waals surface area contributed by atoms with Gasteiger partial charge in [-0.15, -0.1) is 0 Å². The summed E-state index contributed by atoms with van der Waals surface area (Å²) < 4.78 is 0. The molecule has 1 heterocycles. The van der Waals surface area contributed by atoms with Crippen LogP contribution in [-0.4, -0.2) is 34.8 Å². The van der Waals surface area contributed by atoms with Crippen molar-refractivity contribution in [1.82, 2.24) is 15.5 Å². The van der Waals surface area contributed by atoms with Crippen molar-refractivity contribution >= 4 is 17.8 Å². The largest absolute Gasteiger partial charge is 0.348 e. The number of nitrogens with one attached hydrogen (secondary N) is 2. The number of aryl methyl sites for hydroxylation is 1. The standard InChI is InChI=1S/C22H31N3O3/c1-4-18(16-12-10-15(2)11-13-16)23-19(26)14-25-20(27)22(3,24-21(25)28)17-8-6-5-7-9-17/h10-13,17-18H,4-9,14H2,1-3H3,(H,23,26)(H,24,28)/t18-,22+/m1/s1. The molecule has 0 aromatic heterocycles. The van der Waals surface area contributed by atoms with E-state index in [4.69, 9.17) is 0 Å². The van der Waals surface area contributed by atoms with Gasteiger partial charge in [-0.25, -0.2) is 4.79 Å². The quantitative estimate of drug-likeness (QED) is 0.736. The molecule has 2 aliphatic rings. The van der Waals surface area contributed by atoms with Crippen molar-refractivity contribution in [3.05, 3.63) is 35.4 Å². The zero-order valence-corrected chi connectivity index (χ0v) is 17.1. The average Bonchev–Trinajstić information content (AvgIpc) is 2.91. The summed E-state index contributed by atoms with van der Waals surface area (Å²) in [5.41, 5.74) is 1.29. The highest BCUT2D eigenvalue weighted by Crippen LogP contribution is 2.36. The number of carbonyl (C=O) groups excluding carboxylic acids is 3. The minimum atomic E-state index is -0.890. The van der Waals surface area contributed by atoms with E-state index in [1.54, 1.807) is 0 Å². The Kier molecular flexibility index (Phi) is 6.06. The fourth-order valence-electron chi connectivity index (χ4n) is 4.42. The monoisotopic (exact) mass is 385 g/mol. The summed E-state index contributed by atoms with van der Waals surface area (Å²) in [5, 5.41) is 5.83. The molecule has 1 aromatic carbocycles. The van der Waals surface area contributed by atoms with E-state index in [1.165, 1.54) is 6.42 Å². The lowest BCUT2D eigenvalue weighted by atomic mass is 9.75. The van der Waals surface area contributed by atoms with E-state index in [9.17, 15) is 14.4 Å². The number of nitrogens with zero attached hydrogens (tertiary/aromatic N) is 1. The van der Waals surface area contributed by atoms with Crippen molar-refractivity contribution in [2.75, 3.05) is 6.54 Å². The maximum Gasteiger partial charge on any atom is 0.325 e. The summed E-state index contributed by atoms with van der Waals surface area (Å²) in [7, 11) is 0. The zero-order valence-electron chi connectivity index (χ0n) is 17.1. The van der Waals surface area contributed by atoms with Gasteiger partial charge in [-0.2, -0.15) is 0 Å². The van der Waals surface area contributed by atoms with Gasteiger partial charge in [0.25, 0.3) is 5.91 Å². The highest BCUT2D eigenvalue weighted by Gasteiger charge is 2.52. The van der Waals surface area contributed by atoms with Crippen LogP contribution in [0.1, 0.15) is 69.5 Å². The summed E-state index contributed by atoms with van der Waals surface area (Å²) >= 11 is 0. The van der Waals surface area contributed by atoms with Gasteiger partial charge in [0, 0.05) is 0 Å². The number of hydrogen-bond donors (Lipinski definition) is 2. The second kappa shape index (κ2) is 8.33. The smallest absolute Gasteiger partial charge is 0.325 e. The van der Waals surface area contributed by atoms with Gasteiger partial charge >= 0.3 is 6.03 Å². The topological polar surface area (TPSA) is 78.5 Å². The molecule has 6 nitrogen and oxygen atoms in total. The van der Waals surface area contributed by atoms with E-state index < -0.39 is 11.6 Å². The number of benzene rings is 1. The molecule has 2 fully saturated rings. The molecule has 0 bridgehead atoms. The van der Waals surface area contributed by atoms with E-state index in [2.05, 4.69) is 10.6 Å². The maximum absolute atomic E-state index is 13.0. The normalized spacial score (nSPS) is 24.2. The van der Waals surface area contributed by atoms with E-state index in [1.807, 2.05) is 45.0 Å². The molecule has 0 unspecified atom stereocenters. The maximum atomic E-state index is 13.0. The third-order valence-electron chi connectivity index (χ3n) is 6.25. The van der Waals surface area contributed by atoms with Crippen LogP contribution < -0.4 is 10.6 Å². The molecule has 1 saturated carbocycles. The van der Waals surface area contributed by atoms with E-state index in [0.29, 0.717) is 0 Å². The first-order valence-corrected chi connectivity index (χ1v) is 10.3. The molecule has 28 heavy (non-hydrogen) atoms. The van der Waals surface area contributed by atoms with Gasteiger partial charge in [-0.1, -0.05) is 56.0 Å². The molecule has 1 saturated heterocycles. The van der Waals surface area contributed by atoms with Gasteiger partial charge in [-0.3, -0.25) is 14.5 Å². The Morgan fingerprint density at radius 2 is 1.86 bits per heavy atom. The average molecular weight is 386 g/mol. The van der Waals surface area contributed by atoms with Crippen molar-refractivity contribution in [3.63, 3.8) is 0 Å². The fraction of sp³-hybridized carbons (Fsp3) is 0.591. The zero-order chi connectivity index (χ0) is 20.3. The van der Waals surface area contributed by atoms with Gasteiger partial charge < -0.3 is 10.6 Å². The molecule has 152 valence electrons. The summed E-state index contributed by atoms with van der Waals surface area (Å²) in [6.45, 7) is 5.58. The predicted molar refractivity (Wildman–Crippen MR) is 108 cm³/mol. The Hall–Kier alpha value is -2.37. The highest BCUT2D eigenvalue weighted by molar-refractivity contribution is 6.09. The first-order chi connectivity index (χ1) is 13.3. The second-order valence-corrected chi connectivity index (χ2v) is 8.30. The molecule has 2 atom stereocenters. The van der Waals surface area contributed by atoms with Crippen molar-refractivity contribution in [3.8, 4) is 0 Å². The molecule has 2 N–H and O–H groups in total. The van der Waals surface area contributed by atoms with E-state index in [-0.39, 0.29) is 30.3 Å². The first-order valence-electron chi connectivity index (χ1n) is 10.3. The first kappa shape index (κ1) is 20.4.